The summed E-state index contributed by atoms with van der Waals surface area (Å²) in [5.41, 5.74) is 0. The van der Waals surface area contributed by atoms with Crippen LogP contribution in [0.25, 0.3) is 0 Å². The Balaban J connectivity index is 2.86. The Morgan fingerprint density at radius 2 is 2.07 bits per heavy atom. The Kier molecular flexibility index (Phi) is 4.14. The van der Waals surface area contributed by atoms with Gasteiger partial charge in [-0.2, -0.15) is 0 Å². The average Bonchev–Trinajstić information content (AvgIpc) is 2.61. The van der Waals surface area contributed by atoms with E-state index in [1.807, 2.05) is 19.4 Å². The molecular weight excluding hydrogens is 174 g/mol. The van der Waals surface area contributed by atoms with E-state index in [9.17, 15) is 0 Å². The fraction of sp³-hybridized carbons (Fsp3) is 0.727. The molecule has 0 aliphatic rings. The molecule has 1 rings (SSSR count). The van der Waals surface area contributed by atoms with E-state index in [-0.39, 0.29) is 0 Å². The van der Waals surface area contributed by atoms with Crippen molar-refractivity contribution in [2.45, 2.75) is 32.7 Å². The summed E-state index contributed by atoms with van der Waals surface area (Å²) >= 11 is 0. The number of aryl methyl sites for hydroxylation is 1. The molecule has 0 radical (unpaired) electrons. The molecule has 0 aromatic carbocycles. The van der Waals surface area contributed by atoms with Crippen molar-refractivity contribution in [1.82, 2.24) is 14.9 Å². The Morgan fingerprint density at radius 1 is 1.43 bits per heavy atom. The van der Waals surface area contributed by atoms with Crippen LogP contribution in [0, 0.1) is 5.92 Å². The van der Waals surface area contributed by atoms with Crippen LogP contribution in [-0.4, -0.2) is 16.6 Å². The lowest BCUT2D eigenvalue weighted by atomic mass is 9.93. The van der Waals surface area contributed by atoms with E-state index in [0.29, 0.717) is 12.0 Å². The Hall–Kier alpha value is -0.830. The van der Waals surface area contributed by atoms with Gasteiger partial charge in [-0.15, -0.1) is 0 Å². The monoisotopic (exact) mass is 195 g/mol. The third kappa shape index (κ3) is 2.15. The number of imidazole rings is 1. The van der Waals surface area contributed by atoms with E-state index < -0.39 is 0 Å². The maximum atomic E-state index is 4.40. The summed E-state index contributed by atoms with van der Waals surface area (Å²) in [6, 6.07) is 0.380. The second kappa shape index (κ2) is 5.15. The summed E-state index contributed by atoms with van der Waals surface area (Å²) in [6.07, 6.45) is 6.24. The predicted molar refractivity (Wildman–Crippen MR) is 59.1 cm³/mol. The highest BCUT2D eigenvalue weighted by molar-refractivity contribution is 5.00. The molecule has 3 nitrogen and oxygen atoms in total. The van der Waals surface area contributed by atoms with E-state index in [2.05, 4.69) is 35.8 Å². The number of aromatic nitrogens is 2. The van der Waals surface area contributed by atoms with Gasteiger partial charge in [0, 0.05) is 19.4 Å². The van der Waals surface area contributed by atoms with Crippen molar-refractivity contribution in [2.24, 2.45) is 13.0 Å². The molecule has 1 atom stereocenters. The molecule has 3 heteroatoms. The summed E-state index contributed by atoms with van der Waals surface area (Å²) < 4.78 is 2.10. The lowest BCUT2D eigenvalue weighted by molar-refractivity contribution is 0.340. The minimum atomic E-state index is 0.380. The number of nitrogens with zero attached hydrogens (tertiary/aromatic N) is 2. The number of hydrogen-bond acceptors (Lipinski definition) is 2. The zero-order chi connectivity index (χ0) is 10.6. The van der Waals surface area contributed by atoms with Gasteiger partial charge in [0.15, 0.2) is 0 Å². The van der Waals surface area contributed by atoms with Gasteiger partial charge in [0.2, 0.25) is 0 Å². The second-order valence-corrected chi connectivity index (χ2v) is 3.74. The SMILES string of the molecule is CCC(CC)C(NC)c1nccn1C. The van der Waals surface area contributed by atoms with E-state index in [0.717, 1.165) is 5.82 Å². The van der Waals surface area contributed by atoms with Crippen LogP contribution in [0.2, 0.25) is 0 Å². The maximum Gasteiger partial charge on any atom is 0.125 e. The van der Waals surface area contributed by atoms with Crippen molar-refractivity contribution < 1.29 is 0 Å². The van der Waals surface area contributed by atoms with Gasteiger partial charge in [-0.3, -0.25) is 0 Å². The van der Waals surface area contributed by atoms with Crippen molar-refractivity contribution in [1.29, 1.82) is 0 Å². The predicted octanol–water partition coefficient (Wildman–Crippen LogP) is 2.12. The van der Waals surface area contributed by atoms with Crippen molar-refractivity contribution in [3.05, 3.63) is 18.2 Å². The second-order valence-electron chi connectivity index (χ2n) is 3.74. The molecule has 1 unspecified atom stereocenters. The molecule has 14 heavy (non-hydrogen) atoms. The topological polar surface area (TPSA) is 29.9 Å². The Bertz CT molecular complexity index is 263. The Morgan fingerprint density at radius 3 is 2.43 bits per heavy atom. The van der Waals surface area contributed by atoms with Crippen LogP contribution in [0.5, 0.6) is 0 Å². The van der Waals surface area contributed by atoms with Gasteiger partial charge in [0.25, 0.3) is 0 Å². The first-order chi connectivity index (χ1) is 6.74. The number of nitrogens with one attached hydrogen (secondary N) is 1. The van der Waals surface area contributed by atoms with Crippen LogP contribution in [-0.2, 0) is 7.05 Å². The minimum absolute atomic E-state index is 0.380. The molecule has 0 spiro atoms. The normalized spacial score (nSPS) is 13.5. The highest BCUT2D eigenvalue weighted by Gasteiger charge is 2.21. The third-order valence-corrected chi connectivity index (χ3v) is 2.97. The van der Waals surface area contributed by atoms with Crippen molar-refractivity contribution in [3.63, 3.8) is 0 Å². The van der Waals surface area contributed by atoms with Gasteiger partial charge in [0.1, 0.15) is 5.82 Å². The lowest BCUT2D eigenvalue weighted by Gasteiger charge is -2.24. The highest BCUT2D eigenvalue weighted by Crippen LogP contribution is 2.25. The van der Waals surface area contributed by atoms with E-state index >= 15 is 0 Å². The third-order valence-electron chi connectivity index (χ3n) is 2.97. The minimum Gasteiger partial charge on any atom is -0.337 e. The van der Waals surface area contributed by atoms with Crippen molar-refractivity contribution in [3.8, 4) is 0 Å². The molecule has 0 fully saturated rings. The summed E-state index contributed by atoms with van der Waals surface area (Å²) in [6.45, 7) is 4.48. The van der Waals surface area contributed by atoms with E-state index in [4.69, 9.17) is 0 Å². The largest absolute Gasteiger partial charge is 0.337 e. The molecule has 80 valence electrons. The fourth-order valence-corrected chi connectivity index (χ4v) is 2.01. The van der Waals surface area contributed by atoms with Gasteiger partial charge in [-0.25, -0.2) is 4.98 Å². The highest BCUT2D eigenvalue weighted by atomic mass is 15.1. The van der Waals surface area contributed by atoms with Gasteiger partial charge in [-0.1, -0.05) is 26.7 Å². The molecule has 0 aliphatic heterocycles. The molecular formula is C11H21N3. The molecule has 0 amide bonds. The summed E-state index contributed by atoms with van der Waals surface area (Å²) in [5, 5.41) is 3.36. The number of hydrogen-bond donors (Lipinski definition) is 1. The number of rotatable bonds is 5. The van der Waals surface area contributed by atoms with E-state index in [1.54, 1.807) is 0 Å². The molecule has 1 heterocycles. The van der Waals surface area contributed by atoms with Crippen LogP contribution in [0.3, 0.4) is 0 Å². The molecule has 0 saturated heterocycles. The zero-order valence-electron chi connectivity index (χ0n) is 9.62. The lowest BCUT2D eigenvalue weighted by Crippen LogP contribution is -2.27. The van der Waals surface area contributed by atoms with Gasteiger partial charge < -0.3 is 9.88 Å². The maximum absolute atomic E-state index is 4.40. The van der Waals surface area contributed by atoms with Crippen LogP contribution >= 0.6 is 0 Å². The van der Waals surface area contributed by atoms with Gasteiger partial charge in [-0.05, 0) is 13.0 Å². The van der Waals surface area contributed by atoms with Crippen LogP contribution in [0.15, 0.2) is 12.4 Å². The molecule has 1 aromatic rings. The van der Waals surface area contributed by atoms with Crippen molar-refractivity contribution in [2.75, 3.05) is 7.05 Å². The molecule has 1 N–H and O–H groups in total. The van der Waals surface area contributed by atoms with E-state index in [1.165, 1.54) is 12.8 Å². The molecule has 1 aromatic heterocycles. The molecule has 0 aliphatic carbocycles. The standard InChI is InChI=1S/C11H21N3/c1-5-9(6-2)10(12-3)11-13-7-8-14(11)4/h7-10,12H,5-6H2,1-4H3. The van der Waals surface area contributed by atoms with Gasteiger partial charge >= 0.3 is 0 Å². The first-order valence-corrected chi connectivity index (χ1v) is 5.39. The smallest absolute Gasteiger partial charge is 0.125 e. The summed E-state index contributed by atoms with van der Waals surface area (Å²) in [5.74, 6) is 1.81. The molecule has 0 saturated carbocycles. The summed E-state index contributed by atoms with van der Waals surface area (Å²) in [4.78, 5) is 4.40. The fourth-order valence-electron chi connectivity index (χ4n) is 2.01. The summed E-state index contributed by atoms with van der Waals surface area (Å²) in [7, 11) is 4.06. The van der Waals surface area contributed by atoms with Crippen LogP contribution in [0.4, 0.5) is 0 Å². The molecule has 0 bridgehead atoms. The first kappa shape index (κ1) is 11.2. The van der Waals surface area contributed by atoms with Crippen LogP contribution in [0.1, 0.15) is 38.6 Å². The van der Waals surface area contributed by atoms with Crippen LogP contribution < -0.4 is 5.32 Å². The average molecular weight is 195 g/mol. The van der Waals surface area contributed by atoms with Crippen molar-refractivity contribution >= 4 is 0 Å². The quantitative estimate of drug-likeness (QED) is 0.780. The zero-order valence-corrected chi connectivity index (χ0v) is 9.62. The van der Waals surface area contributed by atoms with Gasteiger partial charge in [0.05, 0.1) is 6.04 Å². The first-order valence-electron chi connectivity index (χ1n) is 5.39. The Labute approximate surface area is 86.5 Å².